The molecule has 0 bridgehead atoms. The molecule has 1 unspecified atom stereocenters. The molecule has 0 spiro atoms. The molecule has 126 valence electrons. The molecule has 0 fully saturated rings. The molecular weight excluding hydrogens is 326 g/mol. The van der Waals surface area contributed by atoms with Crippen LogP contribution in [0.15, 0.2) is 53.5 Å². The number of methoxy groups -OCH3 is 1. The lowest BCUT2D eigenvalue weighted by molar-refractivity contribution is 0.313. The summed E-state index contributed by atoms with van der Waals surface area (Å²) in [7, 11) is 1.61. The topological polar surface area (TPSA) is 60.1 Å². The van der Waals surface area contributed by atoms with Gasteiger partial charge in [0.05, 0.1) is 12.1 Å². The molecule has 6 heteroatoms. The summed E-state index contributed by atoms with van der Waals surface area (Å²) < 4.78 is 10.6. The first kappa shape index (κ1) is 16.5. The van der Waals surface area contributed by atoms with Crippen molar-refractivity contribution in [2.75, 3.05) is 25.2 Å². The highest BCUT2D eigenvalue weighted by atomic mass is 35.5. The van der Waals surface area contributed by atoms with Crippen LogP contribution < -0.4 is 15.4 Å². The summed E-state index contributed by atoms with van der Waals surface area (Å²) in [5.41, 5.74) is 7.85. The number of hydrogen-bond donors (Lipinski definition) is 1. The van der Waals surface area contributed by atoms with Crippen LogP contribution >= 0.6 is 11.6 Å². The van der Waals surface area contributed by atoms with E-state index in [1.165, 1.54) is 5.56 Å². The number of amidine groups is 1. The predicted octanol–water partition coefficient (Wildman–Crippen LogP) is 3.07. The fraction of sp³-hybridized carbons (Fsp3) is 0.278. The first-order chi connectivity index (χ1) is 11.7. The number of ether oxygens (including phenoxy) is 2. The molecular formula is C18H20ClN3O2. The zero-order chi connectivity index (χ0) is 16.9. The fourth-order valence-electron chi connectivity index (χ4n) is 2.69. The second-order valence-electron chi connectivity index (χ2n) is 5.62. The molecule has 1 heterocycles. The van der Waals surface area contributed by atoms with Crippen molar-refractivity contribution in [2.45, 2.75) is 12.6 Å². The van der Waals surface area contributed by atoms with E-state index >= 15 is 0 Å². The predicted molar refractivity (Wildman–Crippen MR) is 96.9 cm³/mol. The smallest absolute Gasteiger partial charge is 0.282 e. The largest absolute Gasteiger partial charge is 0.495 e. The molecule has 1 atom stereocenters. The summed E-state index contributed by atoms with van der Waals surface area (Å²) in [6.45, 7) is 1.94. The normalized spacial score (nSPS) is 16.4. The van der Waals surface area contributed by atoms with Crippen LogP contribution in [0.5, 0.6) is 5.75 Å². The molecule has 0 saturated carbocycles. The fourth-order valence-corrected chi connectivity index (χ4v) is 2.89. The molecule has 0 aromatic heterocycles. The van der Waals surface area contributed by atoms with Crippen LogP contribution in [0.4, 0.5) is 5.69 Å². The molecule has 24 heavy (non-hydrogen) atoms. The number of nitrogens with zero attached hydrogens (tertiary/aromatic N) is 2. The number of benzene rings is 2. The minimum absolute atomic E-state index is 0.00962. The van der Waals surface area contributed by atoms with Gasteiger partial charge in [-0.3, -0.25) is 0 Å². The summed E-state index contributed by atoms with van der Waals surface area (Å²) in [4.78, 5) is 6.56. The third-order valence-corrected chi connectivity index (χ3v) is 4.19. The Bertz CT molecular complexity index is 721. The van der Waals surface area contributed by atoms with Gasteiger partial charge in [-0.1, -0.05) is 41.9 Å². The van der Waals surface area contributed by atoms with Crippen molar-refractivity contribution in [2.24, 2.45) is 10.7 Å². The van der Waals surface area contributed by atoms with Crippen molar-refractivity contribution in [3.05, 3.63) is 59.1 Å². The van der Waals surface area contributed by atoms with Gasteiger partial charge in [-0.2, -0.15) is 0 Å². The maximum Gasteiger partial charge on any atom is 0.282 e. The molecule has 1 aliphatic heterocycles. The number of halogens is 1. The number of aliphatic imine (C=N–C) groups is 1. The van der Waals surface area contributed by atoms with E-state index in [-0.39, 0.29) is 12.1 Å². The Hall–Kier alpha value is -2.40. The molecule has 5 nitrogen and oxygen atoms in total. The number of rotatable bonds is 6. The van der Waals surface area contributed by atoms with E-state index in [9.17, 15) is 0 Å². The Kier molecular flexibility index (Phi) is 5.11. The lowest BCUT2D eigenvalue weighted by Crippen LogP contribution is -2.32. The molecule has 0 radical (unpaired) electrons. The Morgan fingerprint density at radius 2 is 2.08 bits per heavy atom. The highest BCUT2D eigenvalue weighted by Crippen LogP contribution is 2.30. The van der Waals surface area contributed by atoms with Crippen LogP contribution in [0.1, 0.15) is 5.56 Å². The second kappa shape index (κ2) is 7.45. The molecule has 1 aliphatic rings. The summed E-state index contributed by atoms with van der Waals surface area (Å²) in [6, 6.07) is 16.3. The summed E-state index contributed by atoms with van der Waals surface area (Å²) in [6.07, 6.45) is 0. The SMILES string of the molecule is COc1cc(N(Cc2ccccc2)CC2COC(N)=N2)ccc1Cl. The number of anilines is 1. The van der Waals surface area contributed by atoms with Gasteiger partial charge in [0.15, 0.2) is 0 Å². The maximum atomic E-state index is 6.15. The van der Waals surface area contributed by atoms with E-state index in [1.54, 1.807) is 7.11 Å². The van der Waals surface area contributed by atoms with E-state index in [0.29, 0.717) is 23.9 Å². The van der Waals surface area contributed by atoms with Crippen LogP contribution in [0.2, 0.25) is 5.02 Å². The van der Waals surface area contributed by atoms with Gasteiger partial charge in [0.2, 0.25) is 0 Å². The van der Waals surface area contributed by atoms with Crippen molar-refractivity contribution in [1.29, 1.82) is 0 Å². The molecule has 0 saturated heterocycles. The summed E-state index contributed by atoms with van der Waals surface area (Å²) in [5, 5.41) is 0.590. The molecule has 2 aromatic carbocycles. The van der Waals surface area contributed by atoms with E-state index in [2.05, 4.69) is 22.0 Å². The van der Waals surface area contributed by atoms with Gasteiger partial charge in [0, 0.05) is 24.8 Å². The van der Waals surface area contributed by atoms with Crippen molar-refractivity contribution >= 4 is 23.3 Å². The molecule has 2 aromatic rings. The minimum Gasteiger partial charge on any atom is -0.495 e. The number of nitrogens with two attached hydrogens (primary N) is 1. The maximum absolute atomic E-state index is 6.15. The van der Waals surface area contributed by atoms with E-state index in [4.69, 9.17) is 26.8 Å². The molecule has 0 amide bonds. The second-order valence-corrected chi connectivity index (χ2v) is 6.02. The monoisotopic (exact) mass is 345 g/mol. The Balaban J connectivity index is 1.86. The lowest BCUT2D eigenvalue weighted by Gasteiger charge is -2.27. The first-order valence-corrected chi connectivity index (χ1v) is 8.12. The minimum atomic E-state index is 0.00962. The molecule has 0 aliphatic carbocycles. The van der Waals surface area contributed by atoms with Crippen LogP contribution in [-0.4, -0.2) is 32.3 Å². The van der Waals surface area contributed by atoms with Crippen LogP contribution in [0.25, 0.3) is 0 Å². The highest BCUT2D eigenvalue weighted by molar-refractivity contribution is 6.32. The van der Waals surface area contributed by atoms with Crippen LogP contribution in [0.3, 0.4) is 0 Å². The van der Waals surface area contributed by atoms with E-state index in [1.807, 2.05) is 36.4 Å². The van der Waals surface area contributed by atoms with Gasteiger partial charge >= 0.3 is 0 Å². The molecule has 2 N–H and O–H groups in total. The molecule has 3 rings (SSSR count). The average molecular weight is 346 g/mol. The highest BCUT2D eigenvalue weighted by Gasteiger charge is 2.21. The quantitative estimate of drug-likeness (QED) is 0.874. The van der Waals surface area contributed by atoms with Crippen molar-refractivity contribution in [3.8, 4) is 5.75 Å². The van der Waals surface area contributed by atoms with E-state index < -0.39 is 0 Å². The van der Waals surface area contributed by atoms with Crippen molar-refractivity contribution in [1.82, 2.24) is 0 Å². The Labute approximate surface area is 146 Å². The lowest BCUT2D eigenvalue weighted by atomic mass is 10.1. The summed E-state index contributed by atoms with van der Waals surface area (Å²) >= 11 is 6.15. The standard InChI is InChI=1S/C18H20ClN3O2/c1-23-17-9-15(7-8-16(17)19)22(10-13-5-3-2-4-6-13)11-14-12-24-18(20)21-14/h2-9,14H,10-12H2,1H3,(H2,20,21). The van der Waals surface area contributed by atoms with Crippen molar-refractivity contribution < 1.29 is 9.47 Å². The average Bonchev–Trinajstić information content (AvgIpc) is 3.01. The van der Waals surface area contributed by atoms with Gasteiger partial charge in [0.25, 0.3) is 6.02 Å². The van der Waals surface area contributed by atoms with Gasteiger partial charge in [-0.15, -0.1) is 0 Å². The van der Waals surface area contributed by atoms with Crippen molar-refractivity contribution in [3.63, 3.8) is 0 Å². The zero-order valence-corrected chi connectivity index (χ0v) is 14.2. The summed E-state index contributed by atoms with van der Waals surface area (Å²) in [5.74, 6) is 0.651. The van der Waals surface area contributed by atoms with Crippen LogP contribution in [0, 0.1) is 0 Å². The van der Waals surface area contributed by atoms with Crippen LogP contribution in [-0.2, 0) is 11.3 Å². The van der Waals surface area contributed by atoms with Gasteiger partial charge < -0.3 is 20.1 Å². The third-order valence-electron chi connectivity index (χ3n) is 3.88. The Morgan fingerprint density at radius 3 is 2.75 bits per heavy atom. The zero-order valence-electron chi connectivity index (χ0n) is 13.5. The Morgan fingerprint density at radius 1 is 1.29 bits per heavy atom. The third kappa shape index (κ3) is 3.92. The van der Waals surface area contributed by atoms with Gasteiger partial charge in [-0.05, 0) is 17.7 Å². The first-order valence-electron chi connectivity index (χ1n) is 7.74. The number of hydrogen-bond acceptors (Lipinski definition) is 5. The van der Waals surface area contributed by atoms with Gasteiger partial charge in [0.1, 0.15) is 18.4 Å². The van der Waals surface area contributed by atoms with E-state index in [0.717, 1.165) is 12.2 Å². The van der Waals surface area contributed by atoms with Gasteiger partial charge in [-0.25, -0.2) is 4.99 Å².